The van der Waals surface area contributed by atoms with E-state index >= 15 is 0 Å². The van der Waals surface area contributed by atoms with Crippen LogP contribution in [0.3, 0.4) is 0 Å². The summed E-state index contributed by atoms with van der Waals surface area (Å²) < 4.78 is 13.2. The van der Waals surface area contributed by atoms with Crippen molar-refractivity contribution in [2.45, 2.75) is 31.7 Å². The van der Waals surface area contributed by atoms with Crippen LogP contribution in [0.25, 0.3) is 0 Å². The third-order valence-corrected chi connectivity index (χ3v) is 4.68. The maximum atomic E-state index is 13.2. The smallest absolute Gasteiger partial charge is 0.325 e. The molecule has 1 aromatic rings. The van der Waals surface area contributed by atoms with Gasteiger partial charge < -0.3 is 10.2 Å². The first-order valence-electron chi connectivity index (χ1n) is 8.81. The second kappa shape index (κ2) is 8.96. The molecular weight excluding hydrogens is 365 g/mol. The van der Waals surface area contributed by atoms with Gasteiger partial charge in [0.25, 0.3) is 5.91 Å². The van der Waals surface area contributed by atoms with Crippen LogP contribution in [-0.2, 0) is 15.1 Å². The minimum absolute atomic E-state index is 0.0752. The monoisotopic (exact) mass is 385 g/mol. The highest BCUT2D eigenvalue weighted by atomic mass is 19.1. The normalized spacial score (nSPS) is 18.4. The van der Waals surface area contributed by atoms with E-state index in [0.717, 1.165) is 4.90 Å². The van der Waals surface area contributed by atoms with Crippen molar-refractivity contribution in [2.75, 3.05) is 19.6 Å². The summed E-state index contributed by atoms with van der Waals surface area (Å²) in [5.41, 5.74) is -0.939. The molecule has 146 valence electrons. The number of urea groups is 1. The molecule has 0 spiro atoms. The van der Waals surface area contributed by atoms with E-state index in [4.69, 9.17) is 10.5 Å². The van der Waals surface area contributed by atoms with E-state index in [2.05, 4.69) is 5.32 Å². The van der Waals surface area contributed by atoms with E-state index in [-0.39, 0.29) is 32.4 Å². The number of nitrogens with zero attached hydrogens (tertiary/aromatic N) is 4. The number of rotatable bonds is 8. The molecule has 8 nitrogen and oxygen atoms in total. The molecule has 0 aromatic heterocycles. The van der Waals surface area contributed by atoms with Crippen molar-refractivity contribution in [1.29, 1.82) is 10.5 Å². The largest absolute Gasteiger partial charge is 0.339 e. The van der Waals surface area contributed by atoms with Gasteiger partial charge in [-0.05, 0) is 24.1 Å². The summed E-state index contributed by atoms with van der Waals surface area (Å²) in [5.74, 6) is -1.59. The van der Waals surface area contributed by atoms with E-state index < -0.39 is 35.7 Å². The van der Waals surface area contributed by atoms with E-state index in [1.807, 2.05) is 12.1 Å². The summed E-state index contributed by atoms with van der Waals surface area (Å²) >= 11 is 0. The van der Waals surface area contributed by atoms with Gasteiger partial charge in [-0.25, -0.2) is 9.18 Å². The van der Waals surface area contributed by atoms with E-state index in [9.17, 15) is 18.8 Å². The predicted molar refractivity (Wildman–Crippen MR) is 95.7 cm³/mol. The van der Waals surface area contributed by atoms with Crippen LogP contribution in [0.15, 0.2) is 24.3 Å². The molecule has 0 bridgehead atoms. The second-order valence-corrected chi connectivity index (χ2v) is 6.28. The number of carbonyl (C=O) groups excluding carboxylic acids is 3. The van der Waals surface area contributed by atoms with Crippen LogP contribution >= 0.6 is 0 Å². The molecule has 1 aliphatic rings. The molecule has 1 N–H and O–H groups in total. The molecule has 1 saturated heterocycles. The zero-order chi connectivity index (χ0) is 20.7. The Balaban J connectivity index is 2.22. The van der Waals surface area contributed by atoms with Gasteiger partial charge in [-0.15, -0.1) is 0 Å². The summed E-state index contributed by atoms with van der Waals surface area (Å²) in [5, 5.41) is 20.1. The fraction of sp³-hybridized carbons (Fsp3) is 0.421. The van der Waals surface area contributed by atoms with Gasteiger partial charge in [0, 0.05) is 13.1 Å². The Morgan fingerprint density at radius 2 is 1.75 bits per heavy atom. The van der Waals surface area contributed by atoms with Crippen molar-refractivity contribution < 1.29 is 18.8 Å². The van der Waals surface area contributed by atoms with Crippen LogP contribution in [0.1, 0.15) is 31.7 Å². The Bertz CT molecular complexity index is 825. The highest BCUT2D eigenvalue weighted by Crippen LogP contribution is 2.32. The van der Waals surface area contributed by atoms with Gasteiger partial charge in [0.2, 0.25) is 5.91 Å². The SMILES string of the molecule is CCC1(c2ccc(F)cc2)NC(=O)N(CC(=O)N(CCC#N)CCC#N)C1=O. The van der Waals surface area contributed by atoms with Gasteiger partial charge in [-0.3, -0.25) is 14.5 Å². The van der Waals surface area contributed by atoms with Crippen molar-refractivity contribution in [1.82, 2.24) is 15.1 Å². The standard InChI is InChI=1S/C19H20FN5O3/c1-2-19(14-5-7-15(20)8-6-14)17(27)25(18(28)23-19)13-16(26)24(11-3-9-21)12-4-10-22/h5-8H,2-4,11-13H2,1H3,(H,23,28). The summed E-state index contributed by atoms with van der Waals surface area (Å²) in [4.78, 5) is 40.1. The molecule has 1 unspecified atom stereocenters. The molecule has 2 rings (SSSR count). The number of nitriles is 2. The van der Waals surface area contributed by atoms with Crippen LogP contribution < -0.4 is 5.32 Å². The number of halogens is 1. The molecule has 9 heteroatoms. The first-order chi connectivity index (χ1) is 13.4. The molecule has 1 aromatic carbocycles. The molecule has 28 heavy (non-hydrogen) atoms. The van der Waals surface area contributed by atoms with Crippen LogP contribution in [0, 0.1) is 28.5 Å². The number of imide groups is 1. The lowest BCUT2D eigenvalue weighted by Crippen LogP contribution is -2.46. The fourth-order valence-corrected chi connectivity index (χ4v) is 3.11. The first-order valence-corrected chi connectivity index (χ1v) is 8.81. The number of benzene rings is 1. The minimum Gasteiger partial charge on any atom is -0.339 e. The maximum Gasteiger partial charge on any atom is 0.325 e. The number of hydrogen-bond donors (Lipinski definition) is 1. The van der Waals surface area contributed by atoms with Gasteiger partial charge in [-0.1, -0.05) is 19.1 Å². The van der Waals surface area contributed by atoms with Gasteiger partial charge in [-0.2, -0.15) is 10.5 Å². The lowest BCUT2D eigenvalue weighted by Gasteiger charge is -2.26. The summed E-state index contributed by atoms with van der Waals surface area (Å²) in [6.45, 7) is 1.43. The Morgan fingerprint density at radius 3 is 2.25 bits per heavy atom. The van der Waals surface area contributed by atoms with Crippen molar-refractivity contribution in [2.24, 2.45) is 0 Å². The number of nitrogens with one attached hydrogen (secondary N) is 1. The fourth-order valence-electron chi connectivity index (χ4n) is 3.11. The first kappa shape index (κ1) is 20.8. The summed E-state index contributed by atoms with van der Waals surface area (Å²) in [6, 6.07) is 8.38. The predicted octanol–water partition coefficient (Wildman–Crippen LogP) is 1.64. The van der Waals surface area contributed by atoms with E-state index in [0.29, 0.717) is 5.56 Å². The Morgan fingerprint density at radius 1 is 1.18 bits per heavy atom. The Hall–Kier alpha value is -3.46. The van der Waals surface area contributed by atoms with Crippen LogP contribution in [0.2, 0.25) is 0 Å². The summed E-state index contributed by atoms with van der Waals surface area (Å²) in [6.07, 6.45) is 0.373. The average molecular weight is 385 g/mol. The van der Waals surface area contributed by atoms with Crippen molar-refractivity contribution in [3.05, 3.63) is 35.6 Å². The Labute approximate surface area is 162 Å². The third kappa shape index (κ3) is 4.09. The molecule has 1 atom stereocenters. The highest BCUT2D eigenvalue weighted by molar-refractivity contribution is 6.09. The quantitative estimate of drug-likeness (QED) is 0.683. The molecule has 0 saturated carbocycles. The molecule has 0 radical (unpaired) electrons. The zero-order valence-electron chi connectivity index (χ0n) is 15.4. The maximum absolute atomic E-state index is 13.2. The lowest BCUT2D eigenvalue weighted by molar-refractivity contribution is -0.139. The van der Waals surface area contributed by atoms with E-state index in [1.165, 1.54) is 29.2 Å². The zero-order valence-corrected chi connectivity index (χ0v) is 15.4. The number of amides is 4. The highest BCUT2D eigenvalue weighted by Gasteiger charge is 2.51. The lowest BCUT2D eigenvalue weighted by atomic mass is 9.87. The van der Waals surface area contributed by atoms with Crippen molar-refractivity contribution >= 4 is 17.8 Å². The Kier molecular flexibility index (Phi) is 6.67. The van der Waals surface area contributed by atoms with Crippen molar-refractivity contribution in [3.8, 4) is 12.1 Å². The van der Waals surface area contributed by atoms with Crippen molar-refractivity contribution in [3.63, 3.8) is 0 Å². The van der Waals surface area contributed by atoms with Gasteiger partial charge in [0.15, 0.2) is 0 Å². The van der Waals surface area contributed by atoms with Crippen LogP contribution in [0.5, 0.6) is 0 Å². The van der Waals surface area contributed by atoms with Crippen LogP contribution in [-0.4, -0.2) is 47.3 Å². The molecule has 1 fully saturated rings. The number of hydrogen-bond acceptors (Lipinski definition) is 5. The van der Waals surface area contributed by atoms with Gasteiger partial charge in [0.05, 0.1) is 25.0 Å². The van der Waals surface area contributed by atoms with Gasteiger partial charge >= 0.3 is 6.03 Å². The average Bonchev–Trinajstić information content (AvgIpc) is 2.93. The molecule has 4 amide bonds. The van der Waals surface area contributed by atoms with Crippen LogP contribution in [0.4, 0.5) is 9.18 Å². The van der Waals surface area contributed by atoms with E-state index in [1.54, 1.807) is 6.92 Å². The minimum atomic E-state index is -1.37. The number of carbonyl (C=O) groups is 3. The topological polar surface area (TPSA) is 117 Å². The third-order valence-electron chi connectivity index (χ3n) is 4.68. The molecule has 1 heterocycles. The van der Waals surface area contributed by atoms with Gasteiger partial charge in [0.1, 0.15) is 17.9 Å². The summed E-state index contributed by atoms with van der Waals surface area (Å²) in [7, 11) is 0. The molecule has 1 aliphatic heterocycles. The second-order valence-electron chi connectivity index (χ2n) is 6.28. The molecule has 0 aliphatic carbocycles. The molecular formula is C19H20FN5O3.